The lowest BCUT2D eigenvalue weighted by Gasteiger charge is -2.21. The maximum atomic E-state index is 13.0. The molecule has 0 spiro atoms. The summed E-state index contributed by atoms with van der Waals surface area (Å²) in [6.45, 7) is 4.35. The lowest BCUT2D eigenvalue weighted by molar-refractivity contribution is -0.161. The molecule has 19 heteroatoms. The topological polar surface area (TPSA) is 237 Å². The minimum absolute atomic E-state index is 0.0603. The molecule has 0 aromatic rings. The third-order valence-corrected chi connectivity index (χ3v) is 16.2. The number of aliphatic hydroxyl groups is 1. The Balaban J connectivity index is 5.45. The van der Waals surface area contributed by atoms with Gasteiger partial charge in [0.2, 0.25) is 0 Å². The fraction of sp³-hybridized carbons (Fsp3) is 0.636. The molecule has 17 nitrogen and oxygen atoms in total. The Labute approximate surface area is 579 Å². The molecule has 5 atom stereocenters. The minimum Gasteiger partial charge on any atom is -0.462 e. The van der Waals surface area contributed by atoms with Gasteiger partial charge in [0.25, 0.3) is 0 Å². The van der Waals surface area contributed by atoms with Crippen molar-refractivity contribution in [3.63, 3.8) is 0 Å². The first-order valence-corrected chi connectivity index (χ1v) is 39.1. The van der Waals surface area contributed by atoms with Crippen LogP contribution in [0.15, 0.2) is 146 Å². The van der Waals surface area contributed by atoms with Crippen molar-refractivity contribution in [3.8, 4) is 0 Å². The number of allylic oxidation sites excluding steroid dienone is 23. The van der Waals surface area contributed by atoms with Crippen LogP contribution in [0.1, 0.15) is 259 Å². The van der Waals surface area contributed by atoms with Gasteiger partial charge in [0.15, 0.2) is 12.2 Å². The van der Waals surface area contributed by atoms with Crippen LogP contribution in [0.2, 0.25) is 0 Å². The number of rotatable bonds is 66. The molecule has 0 aliphatic heterocycles. The molecule has 0 aliphatic rings. The van der Waals surface area contributed by atoms with Crippen molar-refractivity contribution < 1.29 is 80.2 Å². The molecule has 0 amide bonds. The Morgan fingerprint density at radius 2 is 0.604 bits per heavy atom. The van der Waals surface area contributed by atoms with Crippen molar-refractivity contribution in [2.75, 3.05) is 39.6 Å². The van der Waals surface area contributed by atoms with Gasteiger partial charge in [0.1, 0.15) is 19.3 Å². The highest BCUT2D eigenvalue weighted by molar-refractivity contribution is 7.47. The molecule has 0 aliphatic carbocycles. The van der Waals surface area contributed by atoms with Crippen LogP contribution in [0.4, 0.5) is 0 Å². The highest BCUT2D eigenvalue weighted by Crippen LogP contribution is 2.45. The Bertz CT molecular complexity index is 2400. The van der Waals surface area contributed by atoms with Crippen molar-refractivity contribution in [1.82, 2.24) is 0 Å². The van der Waals surface area contributed by atoms with E-state index in [0.717, 1.165) is 135 Å². The van der Waals surface area contributed by atoms with Gasteiger partial charge in [-0.2, -0.15) is 0 Å². The average Bonchev–Trinajstić information content (AvgIpc) is 1.13. The van der Waals surface area contributed by atoms with Crippen LogP contribution in [0.5, 0.6) is 0 Å². The number of hydrogen-bond donors (Lipinski definition) is 3. The predicted octanol–water partition coefficient (Wildman–Crippen LogP) is 20.3. The number of phosphoric ester groups is 2. The fourth-order valence-electron chi connectivity index (χ4n) is 8.83. The summed E-state index contributed by atoms with van der Waals surface area (Å²) in [5.74, 6) is -2.42. The molecule has 0 saturated carbocycles. The van der Waals surface area contributed by atoms with E-state index in [1.807, 2.05) is 30.4 Å². The van der Waals surface area contributed by atoms with E-state index < -0.39 is 97.5 Å². The van der Waals surface area contributed by atoms with Crippen LogP contribution in [0, 0.1) is 0 Å². The van der Waals surface area contributed by atoms with Gasteiger partial charge in [-0.15, -0.1) is 0 Å². The molecule has 0 fully saturated rings. The number of esters is 4. The molecule has 0 radical (unpaired) electrons. The number of carbonyl (C=O) groups excluding carboxylic acids is 4. The monoisotopic (exact) mass is 1380 g/mol. The normalized spacial score (nSPS) is 14.9. The zero-order valence-electron chi connectivity index (χ0n) is 59.2. The van der Waals surface area contributed by atoms with E-state index in [1.165, 1.54) is 38.5 Å². The van der Waals surface area contributed by atoms with E-state index in [9.17, 15) is 43.2 Å². The summed E-state index contributed by atoms with van der Waals surface area (Å²) in [5, 5.41) is 10.6. The first-order chi connectivity index (χ1) is 46.7. The molecule has 0 saturated heterocycles. The molecule has 0 bridgehead atoms. The van der Waals surface area contributed by atoms with Crippen molar-refractivity contribution >= 4 is 39.5 Å². The third kappa shape index (κ3) is 67.5. The van der Waals surface area contributed by atoms with Crippen molar-refractivity contribution in [3.05, 3.63) is 146 Å². The molecule has 546 valence electrons. The third-order valence-electron chi connectivity index (χ3n) is 14.3. The zero-order chi connectivity index (χ0) is 70.4. The van der Waals surface area contributed by atoms with Gasteiger partial charge >= 0.3 is 39.5 Å². The molecule has 96 heavy (non-hydrogen) atoms. The van der Waals surface area contributed by atoms with Gasteiger partial charge in [0, 0.05) is 19.3 Å². The molecule has 0 heterocycles. The van der Waals surface area contributed by atoms with Gasteiger partial charge in [-0.05, 0) is 135 Å². The Kier molecular flexibility index (Phi) is 64.9. The second-order valence-corrected chi connectivity index (χ2v) is 26.3. The summed E-state index contributed by atoms with van der Waals surface area (Å²) in [6.07, 6.45) is 76.1. The Morgan fingerprint density at radius 1 is 0.312 bits per heavy atom. The fourth-order valence-corrected chi connectivity index (χ4v) is 10.4. The number of ether oxygens (including phenoxy) is 4. The highest BCUT2D eigenvalue weighted by Gasteiger charge is 2.30. The smallest absolute Gasteiger partial charge is 0.462 e. The molecule has 5 unspecified atom stereocenters. The van der Waals surface area contributed by atoms with E-state index in [1.54, 1.807) is 6.08 Å². The number of unbranched alkanes of at least 4 members (excludes halogenated alkanes) is 17. The van der Waals surface area contributed by atoms with Gasteiger partial charge in [-0.3, -0.25) is 37.3 Å². The maximum absolute atomic E-state index is 13.0. The van der Waals surface area contributed by atoms with Crippen LogP contribution in [0.3, 0.4) is 0 Å². The van der Waals surface area contributed by atoms with Crippen molar-refractivity contribution in [1.29, 1.82) is 0 Å². The second kappa shape index (κ2) is 68.5. The van der Waals surface area contributed by atoms with Crippen molar-refractivity contribution in [2.24, 2.45) is 0 Å². The maximum Gasteiger partial charge on any atom is 0.472 e. The largest absolute Gasteiger partial charge is 0.472 e. The zero-order valence-corrected chi connectivity index (χ0v) is 61.0. The molecule has 0 aromatic heterocycles. The molecular formula is C77H126O17P2. The van der Waals surface area contributed by atoms with E-state index >= 15 is 0 Å². The second-order valence-electron chi connectivity index (χ2n) is 23.4. The first kappa shape index (κ1) is 90.9. The van der Waals surface area contributed by atoms with Crippen LogP contribution in [0.25, 0.3) is 0 Å². The summed E-state index contributed by atoms with van der Waals surface area (Å²) in [7, 11) is -9.99. The lowest BCUT2D eigenvalue weighted by atomic mass is 10.1. The molecule has 0 aromatic carbocycles. The molecule has 0 rings (SSSR count). The van der Waals surface area contributed by atoms with Gasteiger partial charge in [0.05, 0.1) is 32.8 Å². The standard InChI is InChI=1S/C77H126O17P2/c1-5-9-13-17-21-25-29-32-34-35-37-40-43-46-50-54-58-62-75(80)87-67-72(93-76(81)63-59-55-51-47-41-28-24-20-16-12-8-4)69-91-95(83,84)89-65-71(78)66-90-96(85,86)92-70-73(94-77(82)64-60-56-52-48-44-38-31-27-23-19-15-11-7-3)68-88-74(79)61-57-53-49-45-42-39-36-33-30-26-22-18-14-10-6-2/h9-10,13-14,20-22,24-27,31-34,36-37,40,42,45-46,50,53,57,71-73,78H,5-8,11-12,15-19,23,28-30,35,38-39,41,43-44,47-49,51-52,54-56,58-70H2,1-4H3,(H,83,84)(H,85,86)/b13-9-,14-10-,24-20-,25-21-,26-22-,31-27-,34-32-,36-33-,40-37-,45-42-,50-46-,57-53-. The summed E-state index contributed by atoms with van der Waals surface area (Å²) in [6, 6.07) is 0. The number of aliphatic hydroxyl groups excluding tert-OH is 1. The minimum atomic E-state index is -5.00. The number of phosphoric acid groups is 2. The summed E-state index contributed by atoms with van der Waals surface area (Å²) >= 11 is 0. The Morgan fingerprint density at radius 3 is 1.00 bits per heavy atom. The van der Waals surface area contributed by atoms with Gasteiger partial charge in [-0.25, -0.2) is 9.13 Å². The van der Waals surface area contributed by atoms with E-state index in [-0.39, 0.29) is 25.7 Å². The van der Waals surface area contributed by atoms with Crippen LogP contribution in [-0.2, 0) is 65.4 Å². The highest BCUT2D eigenvalue weighted by atomic mass is 31.2. The number of hydrogen-bond acceptors (Lipinski definition) is 15. The summed E-state index contributed by atoms with van der Waals surface area (Å²) in [5.41, 5.74) is 0. The quantitative estimate of drug-likeness (QED) is 0.0169. The summed E-state index contributed by atoms with van der Waals surface area (Å²) in [4.78, 5) is 72.5. The van der Waals surface area contributed by atoms with Gasteiger partial charge < -0.3 is 33.8 Å². The molecule has 3 N–H and O–H groups in total. The summed E-state index contributed by atoms with van der Waals surface area (Å²) < 4.78 is 68.1. The van der Waals surface area contributed by atoms with Crippen molar-refractivity contribution in [2.45, 2.75) is 277 Å². The molecular weight excluding hydrogens is 1260 g/mol. The number of carbonyl (C=O) groups is 4. The van der Waals surface area contributed by atoms with E-state index in [2.05, 4.69) is 137 Å². The van der Waals surface area contributed by atoms with Crippen LogP contribution >= 0.6 is 15.6 Å². The van der Waals surface area contributed by atoms with E-state index in [0.29, 0.717) is 32.1 Å². The average molecular weight is 1390 g/mol. The predicted molar refractivity (Wildman–Crippen MR) is 390 cm³/mol. The SMILES string of the molecule is CC/C=C\C/C=C\C/C=C\C/C=C\C/C=C\CCCC(=O)OCC(COP(=O)(O)OCC(O)COP(=O)(O)OCC(COC(=O)C/C=C\C/C=C\C/C=C\C/C=C\C/C=C\CC)OC(=O)CCCCCCC/C=C\CCCCCC)OC(=O)CCCCCCC/C=C\CCCC. The van der Waals surface area contributed by atoms with E-state index in [4.69, 9.17) is 37.0 Å². The first-order valence-electron chi connectivity index (χ1n) is 36.1. The Hall–Kier alpha value is -5.06. The van der Waals surface area contributed by atoms with Crippen LogP contribution in [-0.4, -0.2) is 96.7 Å². The lowest BCUT2D eigenvalue weighted by Crippen LogP contribution is -2.30. The van der Waals surface area contributed by atoms with Gasteiger partial charge in [-0.1, -0.05) is 244 Å². The van der Waals surface area contributed by atoms with Crippen LogP contribution < -0.4 is 0 Å².